The van der Waals surface area contributed by atoms with E-state index in [1.807, 2.05) is 12.1 Å². The molecule has 4 atom stereocenters. The summed E-state index contributed by atoms with van der Waals surface area (Å²) >= 11 is 0. The van der Waals surface area contributed by atoms with Crippen molar-refractivity contribution in [2.45, 2.75) is 115 Å². The Morgan fingerprint density at radius 3 is 1.50 bits per heavy atom. The van der Waals surface area contributed by atoms with Gasteiger partial charge in [0.1, 0.15) is 24.4 Å². The fourth-order valence-corrected chi connectivity index (χ4v) is 8.00. The largest absolute Gasteiger partial charge is 0.497 e. The molecule has 0 N–H and O–H groups in total. The number of rotatable bonds is 2. The molecular weight excluding hydrogens is 480 g/mol. The highest BCUT2D eigenvalue weighted by atomic mass is 16.6. The van der Waals surface area contributed by atoms with E-state index in [1.54, 1.807) is 7.11 Å². The first-order valence-electron chi connectivity index (χ1n) is 13.9. The Hall–Kier alpha value is -2.12. The van der Waals surface area contributed by atoms with E-state index in [9.17, 15) is 9.59 Å². The summed E-state index contributed by atoms with van der Waals surface area (Å²) in [5.74, 6) is -0.357. The Labute approximate surface area is 229 Å². The molecule has 212 valence electrons. The Morgan fingerprint density at radius 1 is 0.737 bits per heavy atom. The normalized spacial score (nSPS) is 34.8. The zero-order valence-corrected chi connectivity index (χ0v) is 25.3. The second-order valence-corrected chi connectivity index (χ2v) is 14.0. The van der Waals surface area contributed by atoms with Gasteiger partial charge in [0.2, 0.25) is 0 Å². The average Bonchev–Trinajstić information content (AvgIpc) is 2.79. The van der Waals surface area contributed by atoms with Crippen molar-refractivity contribution in [2.24, 2.45) is 11.8 Å². The van der Waals surface area contributed by atoms with E-state index in [0.717, 1.165) is 11.3 Å². The van der Waals surface area contributed by atoms with Crippen LogP contribution < -0.4 is 4.74 Å². The van der Waals surface area contributed by atoms with Crippen LogP contribution in [0.3, 0.4) is 0 Å². The van der Waals surface area contributed by atoms with Crippen molar-refractivity contribution in [1.29, 1.82) is 0 Å². The van der Waals surface area contributed by atoms with Gasteiger partial charge in [-0.1, -0.05) is 12.1 Å². The van der Waals surface area contributed by atoms with Gasteiger partial charge in [0, 0.05) is 52.8 Å². The molecule has 1 aromatic carbocycles. The Morgan fingerprint density at radius 2 is 1.13 bits per heavy atom. The van der Waals surface area contributed by atoms with E-state index in [-0.39, 0.29) is 58.5 Å². The van der Waals surface area contributed by atoms with E-state index in [1.165, 1.54) is 0 Å². The summed E-state index contributed by atoms with van der Waals surface area (Å²) in [5.41, 5.74) is 0.103. The molecule has 4 unspecified atom stereocenters. The van der Waals surface area contributed by atoms with E-state index >= 15 is 0 Å². The molecule has 38 heavy (non-hydrogen) atoms. The first kappa shape index (κ1) is 28.9. The molecule has 0 amide bonds. The highest BCUT2D eigenvalue weighted by molar-refractivity contribution is 5.91. The molecule has 3 saturated heterocycles. The third-order valence-corrected chi connectivity index (χ3v) is 10.5. The SMILES string of the molecule is COc1ccc(C2C3C(CC(C)(C)N(C)C3(C)C)OC(=O)CC(=O)OC3CC(C)(C)N(C)C(C)(C)C32)cc1. The monoisotopic (exact) mass is 528 g/mol. The zero-order chi connectivity index (χ0) is 28.4. The topological polar surface area (TPSA) is 68.3 Å². The van der Waals surface area contributed by atoms with Gasteiger partial charge < -0.3 is 14.2 Å². The van der Waals surface area contributed by atoms with Gasteiger partial charge in [-0.15, -0.1) is 0 Å². The summed E-state index contributed by atoms with van der Waals surface area (Å²) in [4.78, 5) is 31.1. The molecule has 7 heteroatoms. The fraction of sp³-hybridized carbons (Fsp3) is 0.742. The van der Waals surface area contributed by atoms with Crippen LogP contribution in [0.4, 0.5) is 0 Å². The van der Waals surface area contributed by atoms with Crippen LogP contribution in [0.15, 0.2) is 24.3 Å². The van der Waals surface area contributed by atoms with Crippen molar-refractivity contribution in [2.75, 3.05) is 21.2 Å². The lowest BCUT2D eigenvalue weighted by Crippen LogP contribution is -2.71. The molecule has 3 aliphatic heterocycles. The van der Waals surface area contributed by atoms with Crippen LogP contribution >= 0.6 is 0 Å². The number of carbonyl (C=O) groups excluding carboxylic acids is 2. The molecule has 0 aliphatic carbocycles. The van der Waals surface area contributed by atoms with Crippen LogP contribution in [-0.4, -0.2) is 77.3 Å². The summed E-state index contributed by atoms with van der Waals surface area (Å²) in [6.07, 6.45) is 0.318. The minimum absolute atomic E-state index is 0.0453. The minimum atomic E-state index is -0.500. The lowest BCUT2D eigenvalue weighted by Gasteiger charge is -2.64. The Kier molecular flexibility index (Phi) is 7.23. The first-order chi connectivity index (χ1) is 17.4. The van der Waals surface area contributed by atoms with Crippen molar-refractivity contribution < 1.29 is 23.8 Å². The van der Waals surface area contributed by atoms with Gasteiger partial charge in [0.15, 0.2) is 0 Å². The number of ether oxygens (including phenoxy) is 3. The lowest BCUT2D eigenvalue weighted by molar-refractivity contribution is -0.202. The number of esters is 2. The van der Waals surface area contributed by atoms with Gasteiger partial charge in [-0.25, -0.2) is 0 Å². The smallest absolute Gasteiger partial charge is 0.317 e. The fourth-order valence-electron chi connectivity index (χ4n) is 8.00. The number of methoxy groups -OCH3 is 1. The van der Waals surface area contributed by atoms with Crippen molar-refractivity contribution in [3.05, 3.63) is 29.8 Å². The van der Waals surface area contributed by atoms with Crippen LogP contribution in [0.1, 0.15) is 86.1 Å². The maximum Gasteiger partial charge on any atom is 0.317 e. The number of hydrogen-bond donors (Lipinski definition) is 0. The predicted molar refractivity (Wildman–Crippen MR) is 148 cm³/mol. The number of carbonyl (C=O) groups is 2. The second-order valence-electron chi connectivity index (χ2n) is 14.0. The van der Waals surface area contributed by atoms with E-state index in [0.29, 0.717) is 12.8 Å². The molecular formula is C31H48N2O5. The van der Waals surface area contributed by atoms with Crippen LogP contribution in [0.25, 0.3) is 0 Å². The molecule has 4 rings (SSSR count). The number of likely N-dealkylation sites (tertiary alicyclic amines) is 2. The van der Waals surface area contributed by atoms with Gasteiger partial charge in [0.25, 0.3) is 0 Å². The zero-order valence-electron chi connectivity index (χ0n) is 25.3. The highest BCUT2D eigenvalue weighted by Gasteiger charge is 2.62. The molecule has 3 heterocycles. The van der Waals surface area contributed by atoms with Gasteiger partial charge in [-0.2, -0.15) is 0 Å². The Balaban J connectivity index is 2.00. The Bertz CT molecular complexity index is 1000. The third-order valence-electron chi connectivity index (χ3n) is 10.5. The predicted octanol–water partition coefficient (Wildman–Crippen LogP) is 5.02. The first-order valence-corrected chi connectivity index (χ1v) is 13.9. The summed E-state index contributed by atoms with van der Waals surface area (Å²) in [6.45, 7) is 17.9. The maximum absolute atomic E-state index is 13.1. The molecule has 3 fully saturated rings. The lowest BCUT2D eigenvalue weighted by atomic mass is 9.55. The summed E-state index contributed by atoms with van der Waals surface area (Å²) in [5, 5.41) is 0. The van der Waals surface area contributed by atoms with Gasteiger partial charge in [-0.3, -0.25) is 19.4 Å². The van der Waals surface area contributed by atoms with Crippen LogP contribution in [0.5, 0.6) is 5.75 Å². The molecule has 7 nitrogen and oxygen atoms in total. The molecule has 0 spiro atoms. The van der Waals surface area contributed by atoms with Crippen molar-refractivity contribution in [3.63, 3.8) is 0 Å². The summed E-state index contributed by atoms with van der Waals surface area (Å²) < 4.78 is 18.0. The molecule has 3 aliphatic rings. The summed E-state index contributed by atoms with van der Waals surface area (Å²) in [7, 11) is 6.04. The number of benzene rings is 1. The van der Waals surface area contributed by atoms with Crippen molar-refractivity contribution in [1.82, 2.24) is 9.80 Å². The third kappa shape index (κ3) is 4.74. The van der Waals surface area contributed by atoms with Crippen LogP contribution in [-0.2, 0) is 19.1 Å². The standard InChI is InChI=1S/C31H48N2O5/c1-28(2)17-21-26(30(5,6)32(28)9)25(19-12-14-20(36-11)15-13-19)27-22(38-24(35)16-23(34)37-21)18-29(3,4)33(10)31(27,7)8/h12-15,21-22,25-27H,16-18H2,1-11H3. The minimum Gasteiger partial charge on any atom is -0.497 e. The van der Waals surface area contributed by atoms with Crippen LogP contribution in [0.2, 0.25) is 0 Å². The number of piperidine rings is 2. The number of nitrogens with zero attached hydrogens (tertiary/aromatic N) is 2. The molecule has 0 saturated carbocycles. The number of hydrogen-bond acceptors (Lipinski definition) is 7. The number of fused-ring (bicyclic) bond motifs is 2. The van der Waals surface area contributed by atoms with Crippen molar-refractivity contribution in [3.8, 4) is 5.75 Å². The maximum atomic E-state index is 13.1. The average molecular weight is 529 g/mol. The van der Waals surface area contributed by atoms with E-state index in [4.69, 9.17) is 14.2 Å². The van der Waals surface area contributed by atoms with E-state index < -0.39 is 11.9 Å². The van der Waals surface area contributed by atoms with Crippen molar-refractivity contribution >= 4 is 11.9 Å². The van der Waals surface area contributed by atoms with Crippen LogP contribution in [0, 0.1) is 11.8 Å². The quantitative estimate of drug-likeness (QED) is 0.394. The summed E-state index contributed by atoms with van der Waals surface area (Å²) in [6, 6.07) is 8.28. The van der Waals surface area contributed by atoms with Gasteiger partial charge in [-0.05, 0) is 87.2 Å². The molecule has 0 radical (unpaired) electrons. The van der Waals surface area contributed by atoms with Gasteiger partial charge >= 0.3 is 11.9 Å². The second kappa shape index (κ2) is 9.51. The molecule has 0 aromatic heterocycles. The molecule has 1 aromatic rings. The van der Waals surface area contributed by atoms with Gasteiger partial charge in [0.05, 0.1) is 7.11 Å². The highest BCUT2D eigenvalue weighted by Crippen LogP contribution is 2.57. The molecule has 0 bridgehead atoms. The van der Waals surface area contributed by atoms with E-state index in [2.05, 4.69) is 91.4 Å².